The van der Waals surface area contributed by atoms with E-state index in [1.165, 1.54) is 21.9 Å². The maximum absolute atomic E-state index is 14.3. The molecule has 0 fully saturated rings. The van der Waals surface area contributed by atoms with E-state index in [0.717, 1.165) is 0 Å². The Morgan fingerprint density at radius 2 is 1.82 bits per heavy atom. The first-order valence-electron chi connectivity index (χ1n) is 7.01. The lowest BCUT2D eigenvalue weighted by atomic mass is 10.1. The summed E-state index contributed by atoms with van der Waals surface area (Å²) in [5.74, 6) is -0.964. The van der Waals surface area contributed by atoms with Crippen molar-refractivity contribution in [3.63, 3.8) is 0 Å². The molecule has 2 amide bonds. The van der Waals surface area contributed by atoms with Crippen LogP contribution in [0.1, 0.15) is 16.8 Å². The smallest absolute Gasteiger partial charge is 0.258 e. The third kappa shape index (κ3) is 2.35. The van der Waals surface area contributed by atoms with Crippen molar-refractivity contribution < 1.29 is 14.0 Å². The molecule has 5 heteroatoms. The van der Waals surface area contributed by atoms with Crippen LogP contribution in [0.4, 0.5) is 15.8 Å². The molecule has 3 rings (SSSR count). The van der Waals surface area contributed by atoms with Gasteiger partial charge in [0.25, 0.3) is 5.91 Å². The van der Waals surface area contributed by atoms with Gasteiger partial charge >= 0.3 is 0 Å². The van der Waals surface area contributed by atoms with Crippen LogP contribution < -0.4 is 9.80 Å². The summed E-state index contributed by atoms with van der Waals surface area (Å²) in [5.41, 5.74) is 1.03. The largest absolute Gasteiger partial charge is 0.313 e. The molecule has 0 saturated heterocycles. The number of carbonyl (C=O) groups excluding carboxylic acids is 2. The van der Waals surface area contributed by atoms with Crippen LogP contribution in [0, 0.1) is 5.82 Å². The first-order chi connectivity index (χ1) is 10.6. The average Bonchev–Trinajstić information content (AvgIpc) is 2.67. The summed E-state index contributed by atoms with van der Waals surface area (Å²) in [5, 5.41) is 0. The van der Waals surface area contributed by atoms with Crippen molar-refractivity contribution in [3.8, 4) is 0 Å². The fourth-order valence-electron chi connectivity index (χ4n) is 2.60. The first-order valence-corrected chi connectivity index (χ1v) is 7.01. The number of benzene rings is 2. The Balaban J connectivity index is 2.11. The highest BCUT2D eigenvalue weighted by Gasteiger charge is 2.30. The van der Waals surface area contributed by atoms with Crippen molar-refractivity contribution >= 4 is 23.2 Å². The number of rotatable bonds is 1. The van der Waals surface area contributed by atoms with E-state index in [1.807, 2.05) is 6.07 Å². The second-order valence-corrected chi connectivity index (χ2v) is 5.13. The molecule has 2 aromatic rings. The topological polar surface area (TPSA) is 40.6 Å². The highest BCUT2D eigenvalue weighted by Crippen LogP contribution is 2.35. The summed E-state index contributed by atoms with van der Waals surface area (Å²) in [6.07, 6.45) is 0.156. The van der Waals surface area contributed by atoms with Crippen LogP contribution in [0.25, 0.3) is 0 Å². The minimum Gasteiger partial charge on any atom is -0.313 e. The second-order valence-electron chi connectivity index (χ2n) is 5.13. The molecule has 0 radical (unpaired) electrons. The van der Waals surface area contributed by atoms with Crippen LogP contribution >= 0.6 is 0 Å². The fourth-order valence-corrected chi connectivity index (χ4v) is 2.60. The van der Waals surface area contributed by atoms with E-state index >= 15 is 0 Å². The Morgan fingerprint density at radius 3 is 2.55 bits per heavy atom. The molecule has 0 saturated carbocycles. The van der Waals surface area contributed by atoms with Gasteiger partial charge in [-0.15, -0.1) is 0 Å². The van der Waals surface area contributed by atoms with E-state index in [4.69, 9.17) is 0 Å². The van der Waals surface area contributed by atoms with Gasteiger partial charge < -0.3 is 9.80 Å². The zero-order chi connectivity index (χ0) is 15.7. The molecule has 2 aromatic carbocycles. The highest BCUT2D eigenvalue weighted by atomic mass is 19.1. The maximum atomic E-state index is 14.3. The van der Waals surface area contributed by atoms with Crippen molar-refractivity contribution in [2.24, 2.45) is 0 Å². The average molecular weight is 298 g/mol. The Labute approximate surface area is 127 Å². The molecule has 1 aliphatic rings. The lowest BCUT2D eigenvalue weighted by Gasteiger charge is -2.24. The predicted octanol–water partition coefficient (Wildman–Crippen LogP) is 2.84. The quantitative estimate of drug-likeness (QED) is 0.812. The number of para-hydroxylation sites is 1. The second kappa shape index (κ2) is 5.60. The molecule has 0 aliphatic carbocycles. The molecule has 1 aliphatic heterocycles. The maximum Gasteiger partial charge on any atom is 0.258 e. The molecule has 112 valence electrons. The van der Waals surface area contributed by atoms with Crippen LogP contribution in [0.15, 0.2) is 48.5 Å². The summed E-state index contributed by atoms with van der Waals surface area (Å²) in [6.45, 7) is 0.158. The normalized spacial score (nSPS) is 14.5. The van der Waals surface area contributed by atoms with Crippen LogP contribution in [-0.2, 0) is 4.79 Å². The van der Waals surface area contributed by atoms with Crippen molar-refractivity contribution in [2.75, 3.05) is 23.4 Å². The number of anilines is 2. The minimum absolute atomic E-state index is 0.143. The molecular weight excluding hydrogens is 283 g/mol. The highest BCUT2D eigenvalue weighted by molar-refractivity contribution is 6.11. The van der Waals surface area contributed by atoms with Gasteiger partial charge in [-0.05, 0) is 24.3 Å². The summed E-state index contributed by atoms with van der Waals surface area (Å²) in [4.78, 5) is 27.5. The molecular formula is C17H15FN2O2. The number of amides is 2. The standard InChI is InChI=1S/C17H15FN2O2/c1-19-14-9-5-8-13(18)16(14)20(11-10-15(19)21)17(22)12-6-3-2-4-7-12/h2-9H,10-11H2,1H3. The molecule has 1 heterocycles. The van der Waals surface area contributed by atoms with E-state index in [2.05, 4.69) is 0 Å². The number of fused-ring (bicyclic) bond motifs is 1. The zero-order valence-corrected chi connectivity index (χ0v) is 12.1. The molecule has 0 unspecified atom stereocenters. The SMILES string of the molecule is CN1C(=O)CCN(C(=O)c2ccccc2)c2c(F)cccc21. The third-order valence-electron chi connectivity index (χ3n) is 3.79. The lowest BCUT2D eigenvalue weighted by Crippen LogP contribution is -2.32. The van der Waals surface area contributed by atoms with Gasteiger partial charge in [0.1, 0.15) is 11.5 Å². The minimum atomic E-state index is -0.511. The van der Waals surface area contributed by atoms with Crippen molar-refractivity contribution in [3.05, 3.63) is 59.9 Å². The molecule has 0 N–H and O–H groups in total. The number of carbonyl (C=O) groups is 2. The van der Waals surface area contributed by atoms with Gasteiger partial charge in [-0.3, -0.25) is 9.59 Å². The predicted molar refractivity (Wildman–Crippen MR) is 82.5 cm³/mol. The van der Waals surface area contributed by atoms with Gasteiger partial charge in [0.15, 0.2) is 0 Å². The van der Waals surface area contributed by atoms with E-state index in [0.29, 0.717) is 11.3 Å². The first kappa shape index (κ1) is 14.3. The Bertz CT molecular complexity index is 731. The Morgan fingerprint density at radius 1 is 1.09 bits per heavy atom. The molecule has 0 spiro atoms. The monoisotopic (exact) mass is 298 g/mol. The van der Waals surface area contributed by atoms with Crippen LogP contribution in [-0.4, -0.2) is 25.4 Å². The molecule has 4 nitrogen and oxygen atoms in total. The molecule has 22 heavy (non-hydrogen) atoms. The van der Waals surface area contributed by atoms with Gasteiger partial charge in [-0.25, -0.2) is 4.39 Å². The summed E-state index contributed by atoms with van der Waals surface area (Å²) < 4.78 is 14.3. The van der Waals surface area contributed by atoms with Crippen LogP contribution in [0.3, 0.4) is 0 Å². The third-order valence-corrected chi connectivity index (χ3v) is 3.79. The van der Waals surface area contributed by atoms with Gasteiger partial charge in [0.2, 0.25) is 5.91 Å². The van der Waals surface area contributed by atoms with Crippen molar-refractivity contribution in [1.29, 1.82) is 0 Å². The van der Waals surface area contributed by atoms with Crippen LogP contribution in [0.5, 0.6) is 0 Å². The van der Waals surface area contributed by atoms with Gasteiger partial charge in [0.05, 0.1) is 5.69 Å². The van der Waals surface area contributed by atoms with E-state index in [-0.39, 0.29) is 30.5 Å². The van der Waals surface area contributed by atoms with E-state index in [1.54, 1.807) is 37.4 Å². The molecule has 0 bridgehead atoms. The zero-order valence-electron chi connectivity index (χ0n) is 12.1. The summed E-state index contributed by atoms with van der Waals surface area (Å²) in [7, 11) is 1.59. The number of halogens is 1. The number of nitrogens with zero attached hydrogens (tertiary/aromatic N) is 2. The van der Waals surface area contributed by atoms with E-state index < -0.39 is 5.82 Å². The fraction of sp³-hybridized carbons (Fsp3) is 0.176. The summed E-state index contributed by atoms with van der Waals surface area (Å²) in [6, 6.07) is 13.2. The molecule has 0 aromatic heterocycles. The Hall–Kier alpha value is -2.69. The van der Waals surface area contributed by atoms with Gasteiger partial charge in [-0.2, -0.15) is 0 Å². The van der Waals surface area contributed by atoms with Crippen LogP contribution in [0.2, 0.25) is 0 Å². The van der Waals surface area contributed by atoms with Crippen molar-refractivity contribution in [2.45, 2.75) is 6.42 Å². The van der Waals surface area contributed by atoms with E-state index in [9.17, 15) is 14.0 Å². The molecule has 0 atom stereocenters. The van der Waals surface area contributed by atoms with Gasteiger partial charge in [-0.1, -0.05) is 24.3 Å². The number of hydrogen-bond acceptors (Lipinski definition) is 2. The lowest BCUT2D eigenvalue weighted by molar-refractivity contribution is -0.118. The van der Waals surface area contributed by atoms with Gasteiger partial charge in [0, 0.05) is 25.6 Å². The summed E-state index contributed by atoms with van der Waals surface area (Å²) >= 11 is 0. The number of hydrogen-bond donors (Lipinski definition) is 0. The van der Waals surface area contributed by atoms with Crippen molar-refractivity contribution in [1.82, 2.24) is 0 Å². The Kier molecular flexibility index (Phi) is 3.63.